The van der Waals surface area contributed by atoms with Gasteiger partial charge in [0.15, 0.2) is 0 Å². The predicted octanol–water partition coefficient (Wildman–Crippen LogP) is 4.15. The highest BCUT2D eigenvalue weighted by molar-refractivity contribution is 5.42. The fourth-order valence-corrected chi connectivity index (χ4v) is 2.56. The van der Waals surface area contributed by atoms with E-state index in [0.29, 0.717) is 5.56 Å². The van der Waals surface area contributed by atoms with Crippen LogP contribution in [0.5, 0.6) is 5.75 Å². The van der Waals surface area contributed by atoms with Gasteiger partial charge in [0.2, 0.25) is 0 Å². The summed E-state index contributed by atoms with van der Waals surface area (Å²) in [4.78, 5) is 0. The zero-order valence-corrected chi connectivity index (χ0v) is 13.0. The molecule has 2 nitrogen and oxygen atoms in total. The third-order valence-corrected chi connectivity index (χ3v) is 3.66. The van der Waals surface area contributed by atoms with Crippen molar-refractivity contribution in [3.63, 3.8) is 0 Å². The van der Waals surface area contributed by atoms with E-state index in [1.54, 1.807) is 13.2 Å². The van der Waals surface area contributed by atoms with Gasteiger partial charge in [0.05, 0.1) is 13.2 Å². The third-order valence-electron chi connectivity index (χ3n) is 3.66. The van der Waals surface area contributed by atoms with Gasteiger partial charge in [-0.3, -0.25) is 0 Å². The molecule has 0 aliphatic carbocycles. The summed E-state index contributed by atoms with van der Waals surface area (Å²) in [5, 5.41) is 3.37. The number of hydrogen-bond acceptors (Lipinski definition) is 2. The molecule has 0 bridgehead atoms. The summed E-state index contributed by atoms with van der Waals surface area (Å²) < 4.78 is 19.6. The molecule has 2 aromatic rings. The highest BCUT2D eigenvalue weighted by Crippen LogP contribution is 2.29. The minimum Gasteiger partial charge on any atom is -0.497 e. The molecule has 2 aromatic carbocycles. The minimum absolute atomic E-state index is 0.151. The first-order valence-corrected chi connectivity index (χ1v) is 7.20. The molecule has 1 unspecified atom stereocenters. The first-order chi connectivity index (χ1) is 10.1. The quantitative estimate of drug-likeness (QED) is 0.892. The van der Waals surface area contributed by atoms with Crippen LogP contribution in [0.3, 0.4) is 0 Å². The lowest BCUT2D eigenvalue weighted by molar-refractivity contribution is 0.414. The van der Waals surface area contributed by atoms with Gasteiger partial charge >= 0.3 is 0 Å². The summed E-state index contributed by atoms with van der Waals surface area (Å²) in [6.45, 7) is 6.71. The molecule has 3 heteroatoms. The summed E-state index contributed by atoms with van der Waals surface area (Å²) >= 11 is 0. The SMILES string of the molecule is CCNC(c1ccc(OC)cc1C)c1ccc(C)cc1F. The highest BCUT2D eigenvalue weighted by Gasteiger charge is 2.19. The van der Waals surface area contributed by atoms with Crippen LogP contribution < -0.4 is 10.1 Å². The maximum atomic E-state index is 14.3. The molecule has 0 saturated carbocycles. The molecule has 0 aliphatic heterocycles. The smallest absolute Gasteiger partial charge is 0.128 e. The Bertz CT molecular complexity index is 625. The zero-order chi connectivity index (χ0) is 15.4. The summed E-state index contributed by atoms with van der Waals surface area (Å²) in [5.41, 5.74) is 3.76. The van der Waals surface area contributed by atoms with E-state index < -0.39 is 0 Å². The van der Waals surface area contributed by atoms with Crippen LogP contribution in [-0.4, -0.2) is 13.7 Å². The van der Waals surface area contributed by atoms with E-state index in [1.165, 1.54) is 0 Å². The number of ether oxygens (including phenoxy) is 1. The lowest BCUT2D eigenvalue weighted by atomic mass is 9.93. The van der Waals surface area contributed by atoms with Gasteiger partial charge < -0.3 is 10.1 Å². The van der Waals surface area contributed by atoms with Gasteiger partial charge in [-0.15, -0.1) is 0 Å². The van der Waals surface area contributed by atoms with Gasteiger partial charge in [0.25, 0.3) is 0 Å². The maximum absolute atomic E-state index is 14.3. The number of hydrogen-bond donors (Lipinski definition) is 1. The molecule has 0 radical (unpaired) electrons. The van der Waals surface area contributed by atoms with Gasteiger partial charge in [-0.05, 0) is 55.3 Å². The van der Waals surface area contributed by atoms with Crippen molar-refractivity contribution in [3.8, 4) is 5.75 Å². The number of halogens is 1. The minimum atomic E-state index is -0.170. The standard InChI is InChI=1S/C18H22FNO/c1-5-20-18(16-8-6-12(2)10-17(16)19)15-9-7-14(21-4)11-13(15)3/h6-11,18,20H,5H2,1-4H3. The van der Waals surface area contributed by atoms with E-state index >= 15 is 0 Å². The first-order valence-electron chi connectivity index (χ1n) is 7.20. The van der Waals surface area contributed by atoms with E-state index in [0.717, 1.165) is 29.0 Å². The van der Waals surface area contributed by atoms with Gasteiger partial charge in [0, 0.05) is 5.56 Å². The third kappa shape index (κ3) is 3.42. The largest absolute Gasteiger partial charge is 0.497 e. The number of methoxy groups -OCH3 is 1. The second-order valence-corrected chi connectivity index (χ2v) is 5.24. The van der Waals surface area contributed by atoms with Crippen LogP contribution >= 0.6 is 0 Å². The monoisotopic (exact) mass is 287 g/mol. The van der Waals surface area contributed by atoms with Crippen LogP contribution in [-0.2, 0) is 0 Å². The Labute approximate surface area is 126 Å². The molecule has 0 aromatic heterocycles. The van der Waals surface area contributed by atoms with Crippen LogP contribution in [0.4, 0.5) is 4.39 Å². The van der Waals surface area contributed by atoms with Gasteiger partial charge in [-0.1, -0.05) is 25.1 Å². The van der Waals surface area contributed by atoms with Gasteiger partial charge in [0.1, 0.15) is 11.6 Å². The summed E-state index contributed by atoms with van der Waals surface area (Å²) in [6.07, 6.45) is 0. The van der Waals surface area contributed by atoms with Gasteiger partial charge in [-0.25, -0.2) is 4.39 Å². The number of rotatable bonds is 5. The summed E-state index contributed by atoms with van der Waals surface area (Å²) in [5.74, 6) is 0.645. The molecular weight excluding hydrogens is 265 g/mol. The van der Waals surface area contributed by atoms with E-state index in [1.807, 2.05) is 51.1 Å². The molecule has 21 heavy (non-hydrogen) atoms. The van der Waals surface area contributed by atoms with Crippen molar-refractivity contribution < 1.29 is 9.13 Å². The van der Waals surface area contributed by atoms with Crippen molar-refractivity contribution >= 4 is 0 Å². The maximum Gasteiger partial charge on any atom is 0.128 e. The molecule has 2 rings (SSSR count). The number of nitrogens with one attached hydrogen (secondary N) is 1. The molecule has 0 fully saturated rings. The molecule has 0 saturated heterocycles. The molecule has 0 aliphatic rings. The summed E-state index contributed by atoms with van der Waals surface area (Å²) in [7, 11) is 1.65. The molecule has 0 heterocycles. The van der Waals surface area contributed by atoms with E-state index in [9.17, 15) is 4.39 Å². The molecule has 0 amide bonds. The Balaban J connectivity index is 2.48. The van der Waals surface area contributed by atoms with E-state index in [2.05, 4.69) is 5.32 Å². The Morgan fingerprint density at radius 1 is 1.10 bits per heavy atom. The van der Waals surface area contributed by atoms with Crippen LogP contribution in [0, 0.1) is 19.7 Å². The molecule has 112 valence electrons. The van der Waals surface area contributed by atoms with Crippen molar-refractivity contribution in [2.24, 2.45) is 0 Å². The molecule has 0 spiro atoms. The lowest BCUT2D eigenvalue weighted by Crippen LogP contribution is -2.23. The highest BCUT2D eigenvalue weighted by atomic mass is 19.1. The Kier molecular flexibility index (Phi) is 4.97. The average molecular weight is 287 g/mol. The van der Waals surface area contributed by atoms with Crippen molar-refractivity contribution in [2.75, 3.05) is 13.7 Å². The van der Waals surface area contributed by atoms with Crippen molar-refractivity contribution in [1.82, 2.24) is 5.32 Å². The summed E-state index contributed by atoms with van der Waals surface area (Å²) in [6, 6.07) is 11.1. The topological polar surface area (TPSA) is 21.3 Å². The second-order valence-electron chi connectivity index (χ2n) is 5.24. The average Bonchev–Trinajstić information content (AvgIpc) is 2.46. The van der Waals surface area contributed by atoms with Crippen molar-refractivity contribution in [3.05, 3.63) is 64.5 Å². The Hall–Kier alpha value is -1.87. The second kappa shape index (κ2) is 6.72. The number of aryl methyl sites for hydroxylation is 2. The van der Waals surface area contributed by atoms with Crippen LogP contribution in [0.25, 0.3) is 0 Å². The molecule has 1 N–H and O–H groups in total. The zero-order valence-electron chi connectivity index (χ0n) is 13.0. The fraction of sp³-hybridized carbons (Fsp3) is 0.333. The number of benzene rings is 2. The Morgan fingerprint density at radius 3 is 2.38 bits per heavy atom. The molecular formula is C18H22FNO. The normalized spacial score (nSPS) is 12.2. The fourth-order valence-electron chi connectivity index (χ4n) is 2.56. The van der Waals surface area contributed by atoms with Crippen LogP contribution in [0.2, 0.25) is 0 Å². The van der Waals surface area contributed by atoms with E-state index in [-0.39, 0.29) is 11.9 Å². The molecule has 1 atom stereocenters. The van der Waals surface area contributed by atoms with Crippen LogP contribution in [0.1, 0.15) is 35.2 Å². The van der Waals surface area contributed by atoms with Gasteiger partial charge in [-0.2, -0.15) is 0 Å². The lowest BCUT2D eigenvalue weighted by Gasteiger charge is -2.22. The first kappa shape index (κ1) is 15.5. The predicted molar refractivity (Wildman–Crippen MR) is 84.4 cm³/mol. The van der Waals surface area contributed by atoms with Crippen molar-refractivity contribution in [2.45, 2.75) is 26.8 Å². The Morgan fingerprint density at radius 2 is 1.81 bits per heavy atom. The van der Waals surface area contributed by atoms with Crippen LogP contribution in [0.15, 0.2) is 36.4 Å². The van der Waals surface area contributed by atoms with Crippen molar-refractivity contribution in [1.29, 1.82) is 0 Å². The van der Waals surface area contributed by atoms with E-state index in [4.69, 9.17) is 4.74 Å².